The van der Waals surface area contributed by atoms with Gasteiger partial charge in [-0.3, -0.25) is 4.79 Å². The summed E-state index contributed by atoms with van der Waals surface area (Å²) in [7, 11) is 0. The van der Waals surface area contributed by atoms with Crippen molar-refractivity contribution in [2.24, 2.45) is 5.41 Å². The van der Waals surface area contributed by atoms with Crippen LogP contribution in [-0.2, 0) is 4.79 Å². The Balaban J connectivity index is 1.43. The molecule has 1 amide bonds. The zero-order chi connectivity index (χ0) is 22.9. The van der Waals surface area contributed by atoms with Gasteiger partial charge in [0.05, 0.1) is 23.8 Å². The molecule has 0 radical (unpaired) electrons. The van der Waals surface area contributed by atoms with Crippen molar-refractivity contribution in [3.05, 3.63) is 41.3 Å². The van der Waals surface area contributed by atoms with Crippen molar-refractivity contribution < 1.29 is 14.3 Å². The Hall–Kier alpha value is -3.18. The summed E-state index contributed by atoms with van der Waals surface area (Å²) in [5.41, 5.74) is 1.56. The fraction of sp³-hybridized carbons (Fsp3) is 0.458. The highest BCUT2D eigenvalue weighted by Gasteiger charge is 2.39. The third kappa shape index (κ3) is 4.26. The summed E-state index contributed by atoms with van der Waals surface area (Å²) in [5.74, 6) is 2.69. The molecule has 1 aromatic carbocycles. The number of hydrogen-bond acceptors (Lipinski definition) is 6. The van der Waals surface area contributed by atoms with E-state index in [0.717, 1.165) is 24.8 Å². The number of aromatic nitrogens is 2. The average molecular weight is 438 g/mol. The van der Waals surface area contributed by atoms with Gasteiger partial charge in [-0.1, -0.05) is 25.8 Å². The predicted octanol–water partition coefficient (Wildman–Crippen LogP) is 3.49. The Bertz CT molecular complexity index is 1060. The molecule has 32 heavy (non-hydrogen) atoms. The van der Waals surface area contributed by atoms with E-state index in [1.54, 1.807) is 12.3 Å². The molecule has 1 aromatic heterocycles. The Morgan fingerprint density at radius 3 is 2.97 bits per heavy atom. The second kappa shape index (κ2) is 8.75. The van der Waals surface area contributed by atoms with Crippen molar-refractivity contribution >= 4 is 23.4 Å². The lowest BCUT2D eigenvalue weighted by Gasteiger charge is -2.43. The standard InChI is InChI=1S/C24H28FN5O2/c1-4-14-13-27-23(30-21(14)29-19-6-5-7-20(31)24(19,2)3)26-11-10-17-16-9-8-15(25)12-18(16)28-22(17)32/h1,8-9,12-13,17,19-20,31H,5-7,10-11H2,2-3H3,(H,28,32)(H2,26,27,29,30)/t17?,19-,20-/m1/s1. The topological polar surface area (TPSA) is 99.2 Å². The number of amides is 1. The number of aliphatic hydroxyl groups is 1. The molecule has 168 valence electrons. The molecule has 1 fully saturated rings. The van der Waals surface area contributed by atoms with Crippen LogP contribution in [0.5, 0.6) is 0 Å². The summed E-state index contributed by atoms with van der Waals surface area (Å²) in [4.78, 5) is 21.1. The van der Waals surface area contributed by atoms with Crippen LogP contribution in [0.4, 0.5) is 21.8 Å². The second-order valence-corrected chi connectivity index (χ2v) is 9.05. The third-order valence-corrected chi connectivity index (χ3v) is 6.66. The maximum absolute atomic E-state index is 13.4. The molecule has 7 nitrogen and oxygen atoms in total. The minimum absolute atomic E-state index is 0.0279. The summed E-state index contributed by atoms with van der Waals surface area (Å²) in [6.45, 7) is 4.54. The molecule has 0 bridgehead atoms. The molecule has 8 heteroatoms. The Morgan fingerprint density at radius 1 is 1.38 bits per heavy atom. The first-order chi connectivity index (χ1) is 15.3. The molecule has 2 aromatic rings. The molecule has 3 atom stereocenters. The van der Waals surface area contributed by atoms with Gasteiger partial charge in [-0.2, -0.15) is 4.98 Å². The minimum atomic E-state index is -0.392. The zero-order valence-electron chi connectivity index (χ0n) is 18.3. The summed E-state index contributed by atoms with van der Waals surface area (Å²) in [5, 5.41) is 19.7. The second-order valence-electron chi connectivity index (χ2n) is 9.05. The first-order valence-electron chi connectivity index (χ1n) is 10.9. The number of benzene rings is 1. The molecular weight excluding hydrogens is 409 g/mol. The lowest BCUT2D eigenvalue weighted by Crippen LogP contribution is -2.48. The molecular formula is C24H28FN5O2. The summed E-state index contributed by atoms with van der Waals surface area (Å²) >= 11 is 0. The van der Waals surface area contributed by atoms with Gasteiger partial charge in [0.2, 0.25) is 11.9 Å². The molecule has 0 spiro atoms. The molecule has 0 saturated heterocycles. The number of halogens is 1. The van der Waals surface area contributed by atoms with Gasteiger partial charge in [0, 0.05) is 23.7 Å². The molecule has 1 aliphatic carbocycles. The van der Waals surface area contributed by atoms with Crippen molar-refractivity contribution in [2.75, 3.05) is 22.5 Å². The van der Waals surface area contributed by atoms with Crippen LogP contribution in [0.25, 0.3) is 0 Å². The molecule has 4 N–H and O–H groups in total. The van der Waals surface area contributed by atoms with Crippen molar-refractivity contribution in [1.82, 2.24) is 9.97 Å². The highest BCUT2D eigenvalue weighted by Crippen LogP contribution is 2.38. The molecule has 1 aliphatic heterocycles. The lowest BCUT2D eigenvalue weighted by molar-refractivity contribution is -0.117. The van der Waals surface area contributed by atoms with Crippen LogP contribution in [0.3, 0.4) is 0 Å². The van der Waals surface area contributed by atoms with E-state index in [1.807, 2.05) is 13.8 Å². The highest BCUT2D eigenvalue weighted by molar-refractivity contribution is 6.02. The quantitative estimate of drug-likeness (QED) is 0.517. The van der Waals surface area contributed by atoms with Gasteiger partial charge in [0.1, 0.15) is 11.6 Å². The van der Waals surface area contributed by atoms with Crippen LogP contribution < -0.4 is 16.0 Å². The van der Waals surface area contributed by atoms with E-state index >= 15 is 0 Å². The number of carbonyl (C=O) groups excluding carboxylic acids is 1. The minimum Gasteiger partial charge on any atom is -0.392 e. The van der Waals surface area contributed by atoms with Gasteiger partial charge in [-0.05, 0) is 43.4 Å². The highest BCUT2D eigenvalue weighted by atomic mass is 19.1. The molecule has 2 aliphatic rings. The lowest BCUT2D eigenvalue weighted by atomic mass is 9.71. The fourth-order valence-electron chi connectivity index (χ4n) is 4.51. The van der Waals surface area contributed by atoms with E-state index in [0.29, 0.717) is 36.0 Å². The number of rotatable bonds is 6. The number of fused-ring (bicyclic) bond motifs is 1. The first kappa shape index (κ1) is 22.0. The molecule has 1 saturated carbocycles. The molecule has 2 heterocycles. The number of hydrogen-bond donors (Lipinski definition) is 4. The van der Waals surface area contributed by atoms with Crippen molar-refractivity contribution in [3.8, 4) is 12.3 Å². The van der Waals surface area contributed by atoms with E-state index in [2.05, 4.69) is 31.8 Å². The number of carbonyl (C=O) groups is 1. The van der Waals surface area contributed by atoms with Crippen LogP contribution in [-0.4, -0.2) is 39.7 Å². The fourth-order valence-corrected chi connectivity index (χ4v) is 4.51. The van der Waals surface area contributed by atoms with Gasteiger partial charge < -0.3 is 21.1 Å². The SMILES string of the molecule is C#Cc1cnc(NCCC2C(=O)Nc3cc(F)ccc32)nc1N[C@@H]1CCC[C@@H](O)C1(C)C. The smallest absolute Gasteiger partial charge is 0.232 e. The summed E-state index contributed by atoms with van der Waals surface area (Å²) < 4.78 is 13.4. The maximum atomic E-state index is 13.4. The summed E-state index contributed by atoms with van der Waals surface area (Å²) in [6.07, 6.45) is 9.98. The Labute approximate surface area is 187 Å². The number of aliphatic hydroxyl groups excluding tert-OH is 1. The molecule has 4 rings (SSSR count). The number of terminal acetylenes is 1. The zero-order valence-corrected chi connectivity index (χ0v) is 18.3. The van der Waals surface area contributed by atoms with Gasteiger partial charge in [-0.25, -0.2) is 9.37 Å². The number of nitrogens with zero attached hydrogens (tertiary/aromatic N) is 2. The van der Waals surface area contributed by atoms with E-state index < -0.39 is 6.10 Å². The van der Waals surface area contributed by atoms with Crippen LogP contribution >= 0.6 is 0 Å². The van der Waals surface area contributed by atoms with Crippen molar-refractivity contribution in [1.29, 1.82) is 0 Å². The van der Waals surface area contributed by atoms with E-state index in [9.17, 15) is 14.3 Å². The van der Waals surface area contributed by atoms with E-state index in [1.165, 1.54) is 12.1 Å². The van der Waals surface area contributed by atoms with Crippen molar-refractivity contribution in [3.63, 3.8) is 0 Å². The maximum Gasteiger partial charge on any atom is 0.232 e. The van der Waals surface area contributed by atoms with Crippen molar-refractivity contribution in [2.45, 2.75) is 57.6 Å². The van der Waals surface area contributed by atoms with Gasteiger partial charge in [0.25, 0.3) is 0 Å². The normalized spacial score (nSPS) is 23.7. The van der Waals surface area contributed by atoms with E-state index in [4.69, 9.17) is 6.42 Å². The van der Waals surface area contributed by atoms with Gasteiger partial charge in [0.15, 0.2) is 0 Å². The predicted molar refractivity (Wildman–Crippen MR) is 122 cm³/mol. The number of anilines is 3. The van der Waals surface area contributed by atoms with Crippen LogP contribution in [0, 0.1) is 23.6 Å². The third-order valence-electron chi connectivity index (χ3n) is 6.66. The summed E-state index contributed by atoms with van der Waals surface area (Å²) in [6, 6.07) is 4.38. The Morgan fingerprint density at radius 2 is 2.19 bits per heavy atom. The average Bonchev–Trinajstić information content (AvgIpc) is 3.06. The van der Waals surface area contributed by atoms with Crippen LogP contribution in [0.2, 0.25) is 0 Å². The Kier molecular flexibility index (Phi) is 6.02. The largest absolute Gasteiger partial charge is 0.392 e. The first-order valence-corrected chi connectivity index (χ1v) is 10.9. The van der Waals surface area contributed by atoms with Crippen LogP contribution in [0.15, 0.2) is 24.4 Å². The van der Waals surface area contributed by atoms with E-state index in [-0.39, 0.29) is 29.1 Å². The number of nitrogens with one attached hydrogen (secondary N) is 3. The monoisotopic (exact) mass is 437 g/mol. The molecule has 1 unspecified atom stereocenters. The van der Waals surface area contributed by atoms with Gasteiger partial charge >= 0.3 is 0 Å². The van der Waals surface area contributed by atoms with Crippen LogP contribution in [0.1, 0.15) is 56.6 Å². The van der Waals surface area contributed by atoms with Gasteiger partial charge in [-0.15, -0.1) is 6.42 Å².